The molecule has 2 aromatic rings. The van der Waals surface area contributed by atoms with Crippen molar-refractivity contribution in [1.29, 1.82) is 0 Å². The lowest BCUT2D eigenvalue weighted by Crippen LogP contribution is -2.12. The van der Waals surface area contributed by atoms with Gasteiger partial charge in [0, 0.05) is 10.6 Å². The van der Waals surface area contributed by atoms with E-state index >= 15 is 0 Å². The van der Waals surface area contributed by atoms with Crippen molar-refractivity contribution in [3.63, 3.8) is 0 Å². The van der Waals surface area contributed by atoms with Crippen LogP contribution < -0.4 is 5.32 Å². The molecule has 1 unspecified atom stereocenters. The predicted molar refractivity (Wildman–Crippen MR) is 80.6 cm³/mol. The molecule has 3 nitrogen and oxygen atoms in total. The van der Waals surface area contributed by atoms with Crippen LogP contribution in [-0.2, 0) is 9.84 Å². The van der Waals surface area contributed by atoms with Crippen molar-refractivity contribution in [1.82, 2.24) is 0 Å². The molecule has 0 amide bonds. The molecule has 0 bridgehead atoms. The second kappa shape index (κ2) is 6.53. The summed E-state index contributed by atoms with van der Waals surface area (Å²) >= 11 is 1.63. The van der Waals surface area contributed by atoms with Crippen molar-refractivity contribution in [3.05, 3.63) is 46.7 Å². The molecule has 7 heteroatoms. The topological polar surface area (TPSA) is 46.2 Å². The Morgan fingerprint density at radius 1 is 1.19 bits per heavy atom. The van der Waals surface area contributed by atoms with Gasteiger partial charge in [0.05, 0.1) is 10.9 Å². The zero-order chi connectivity index (χ0) is 15.5. The monoisotopic (exact) mass is 331 g/mol. The third-order valence-corrected chi connectivity index (χ3v) is 5.44. The molecule has 0 aliphatic carbocycles. The molecule has 1 atom stereocenters. The highest BCUT2D eigenvalue weighted by atomic mass is 32.2. The quantitative estimate of drug-likeness (QED) is 0.858. The van der Waals surface area contributed by atoms with Gasteiger partial charge in [-0.05, 0) is 42.1 Å². The Hall–Kier alpha value is -1.47. The molecule has 0 saturated carbocycles. The van der Waals surface area contributed by atoms with Crippen LogP contribution in [0, 0.1) is 0 Å². The first-order chi connectivity index (χ1) is 9.95. The van der Waals surface area contributed by atoms with E-state index in [2.05, 4.69) is 5.32 Å². The average Bonchev–Trinajstić information content (AvgIpc) is 2.99. The number of thiophene rings is 1. The summed E-state index contributed by atoms with van der Waals surface area (Å²) in [6.07, 6.45) is 0.859. The van der Waals surface area contributed by atoms with Crippen molar-refractivity contribution < 1.29 is 17.2 Å². The highest BCUT2D eigenvalue weighted by Gasteiger charge is 2.26. The van der Waals surface area contributed by atoms with E-state index in [1.165, 1.54) is 29.1 Å². The zero-order valence-corrected chi connectivity index (χ0v) is 12.9. The second-order valence-electron chi connectivity index (χ2n) is 4.45. The minimum Gasteiger partial charge on any atom is -0.377 e. The lowest BCUT2D eigenvalue weighted by molar-refractivity contribution is 0.234. The first-order valence-corrected chi connectivity index (χ1v) is 8.79. The minimum absolute atomic E-state index is 0.113. The van der Waals surface area contributed by atoms with E-state index in [-0.39, 0.29) is 10.9 Å². The average molecular weight is 331 g/mol. The summed E-state index contributed by atoms with van der Waals surface area (Å²) in [7, 11) is -4.53. The van der Waals surface area contributed by atoms with E-state index in [1.54, 1.807) is 11.3 Å². The third kappa shape index (κ3) is 3.59. The first-order valence-electron chi connectivity index (χ1n) is 6.37. The molecule has 0 saturated heterocycles. The van der Waals surface area contributed by atoms with Gasteiger partial charge in [0.2, 0.25) is 9.84 Å². The van der Waals surface area contributed by atoms with Crippen LogP contribution in [0.1, 0.15) is 24.3 Å². The maximum absolute atomic E-state index is 12.4. The van der Waals surface area contributed by atoms with Crippen LogP contribution in [0.25, 0.3) is 0 Å². The van der Waals surface area contributed by atoms with Gasteiger partial charge in [0.25, 0.3) is 0 Å². The Balaban J connectivity index is 2.16. The number of nitrogens with one attached hydrogen (secondary N) is 1. The second-order valence-corrected chi connectivity index (χ2v) is 7.35. The summed E-state index contributed by atoms with van der Waals surface area (Å²) in [5.41, 5.74) is 0.698. The number of hydrogen-bond donors (Lipinski definition) is 1. The van der Waals surface area contributed by atoms with Gasteiger partial charge in [0.15, 0.2) is 0 Å². The van der Waals surface area contributed by atoms with Crippen LogP contribution in [0.15, 0.2) is 46.7 Å². The fourth-order valence-corrected chi connectivity index (χ4v) is 3.49. The van der Waals surface area contributed by atoms with Crippen LogP contribution in [0.4, 0.5) is 14.5 Å². The normalized spacial score (nSPS) is 13.3. The standard InChI is InChI=1S/C14H15F2NO2S2/c1-2-12(13-4-3-9-20-13)17-10-5-7-11(8-6-10)21(18,19)14(15)16/h3-9,12,14,17H,2H2,1H3. The summed E-state index contributed by atoms with van der Waals surface area (Å²) in [6, 6.07) is 9.50. The van der Waals surface area contributed by atoms with E-state index in [4.69, 9.17) is 0 Å². The zero-order valence-electron chi connectivity index (χ0n) is 11.3. The molecule has 1 aromatic heterocycles. The fourth-order valence-electron chi connectivity index (χ4n) is 1.91. The van der Waals surface area contributed by atoms with E-state index < -0.39 is 15.6 Å². The molecule has 2 rings (SSSR count). The molecule has 114 valence electrons. The predicted octanol–water partition coefficient (Wildman–Crippen LogP) is 4.31. The summed E-state index contributed by atoms with van der Waals surface area (Å²) in [6.45, 7) is 2.03. The Kier molecular flexibility index (Phi) is 4.95. The lowest BCUT2D eigenvalue weighted by Gasteiger charge is -2.17. The highest BCUT2D eigenvalue weighted by Crippen LogP contribution is 2.27. The summed E-state index contributed by atoms with van der Waals surface area (Å²) < 4.78 is 47.6. The molecule has 21 heavy (non-hydrogen) atoms. The third-order valence-electron chi connectivity index (χ3n) is 3.05. The van der Waals surface area contributed by atoms with E-state index in [9.17, 15) is 17.2 Å². The van der Waals surface area contributed by atoms with Crippen LogP contribution in [0.2, 0.25) is 0 Å². The van der Waals surface area contributed by atoms with E-state index in [1.807, 2.05) is 24.4 Å². The van der Waals surface area contributed by atoms with Gasteiger partial charge < -0.3 is 5.32 Å². The maximum atomic E-state index is 12.4. The van der Waals surface area contributed by atoms with Gasteiger partial charge in [0.1, 0.15) is 0 Å². The van der Waals surface area contributed by atoms with Crippen molar-refractivity contribution in [2.24, 2.45) is 0 Å². The molecule has 0 radical (unpaired) electrons. The Morgan fingerprint density at radius 3 is 2.33 bits per heavy atom. The highest BCUT2D eigenvalue weighted by molar-refractivity contribution is 7.91. The number of halogens is 2. The molecule has 1 N–H and O–H groups in total. The molecule has 0 aliphatic rings. The maximum Gasteiger partial charge on any atom is 0.341 e. The van der Waals surface area contributed by atoms with E-state index in [0.29, 0.717) is 5.69 Å². The van der Waals surface area contributed by atoms with Crippen molar-refractivity contribution in [3.8, 4) is 0 Å². The summed E-state index contributed by atoms with van der Waals surface area (Å²) in [4.78, 5) is 0.800. The first kappa shape index (κ1) is 15.9. The largest absolute Gasteiger partial charge is 0.377 e. The van der Waals surface area contributed by atoms with Crippen LogP contribution in [-0.4, -0.2) is 14.2 Å². The van der Waals surface area contributed by atoms with Crippen molar-refractivity contribution >= 4 is 26.9 Å². The number of sulfone groups is 1. The number of anilines is 1. The number of benzene rings is 1. The minimum atomic E-state index is -4.53. The smallest absolute Gasteiger partial charge is 0.341 e. The molecule has 0 aliphatic heterocycles. The molecule has 0 fully saturated rings. The number of rotatable bonds is 6. The van der Waals surface area contributed by atoms with Gasteiger partial charge >= 0.3 is 5.76 Å². The van der Waals surface area contributed by atoms with Crippen molar-refractivity contribution in [2.75, 3.05) is 5.32 Å². The van der Waals surface area contributed by atoms with Gasteiger partial charge in [-0.25, -0.2) is 8.42 Å². The van der Waals surface area contributed by atoms with Gasteiger partial charge in [-0.2, -0.15) is 8.78 Å². The summed E-state index contributed by atoms with van der Waals surface area (Å²) in [5, 5.41) is 5.25. The molecule has 0 spiro atoms. The summed E-state index contributed by atoms with van der Waals surface area (Å²) in [5.74, 6) is -3.40. The molecular weight excluding hydrogens is 316 g/mol. The van der Waals surface area contributed by atoms with E-state index in [0.717, 1.165) is 6.42 Å². The van der Waals surface area contributed by atoms with Crippen LogP contribution >= 0.6 is 11.3 Å². The molecule has 1 heterocycles. The van der Waals surface area contributed by atoms with Crippen LogP contribution in [0.5, 0.6) is 0 Å². The molecule has 1 aromatic carbocycles. The lowest BCUT2D eigenvalue weighted by atomic mass is 10.1. The SMILES string of the molecule is CCC(Nc1ccc(S(=O)(=O)C(F)F)cc1)c1cccs1. The molecular formula is C14H15F2NO2S2. The van der Waals surface area contributed by atoms with Gasteiger partial charge in [-0.1, -0.05) is 13.0 Å². The van der Waals surface area contributed by atoms with Crippen molar-refractivity contribution in [2.45, 2.75) is 30.0 Å². The van der Waals surface area contributed by atoms with Gasteiger partial charge in [-0.3, -0.25) is 0 Å². The van der Waals surface area contributed by atoms with Crippen LogP contribution in [0.3, 0.4) is 0 Å². The number of hydrogen-bond acceptors (Lipinski definition) is 4. The Morgan fingerprint density at radius 2 is 1.86 bits per heavy atom. The van der Waals surface area contributed by atoms with Gasteiger partial charge in [-0.15, -0.1) is 11.3 Å². The fraction of sp³-hybridized carbons (Fsp3) is 0.286. The number of alkyl halides is 2. The Labute approximate surface area is 126 Å². The Bertz CT molecular complexity index is 668.